The second kappa shape index (κ2) is 9.02. The van der Waals surface area contributed by atoms with Crippen LogP contribution in [-0.4, -0.2) is 25.4 Å². The number of anilines is 1. The maximum Gasteiger partial charge on any atom is 0.416 e. The largest absolute Gasteiger partial charge is 0.416 e. The predicted molar refractivity (Wildman–Crippen MR) is 126 cm³/mol. The van der Waals surface area contributed by atoms with E-state index in [4.69, 9.17) is 0 Å². The lowest BCUT2D eigenvalue weighted by molar-refractivity contribution is -0.137. The van der Waals surface area contributed by atoms with Crippen LogP contribution < -0.4 is 5.32 Å². The summed E-state index contributed by atoms with van der Waals surface area (Å²) in [4.78, 5) is 25.5. The van der Waals surface area contributed by atoms with Gasteiger partial charge in [0.25, 0.3) is 5.91 Å². The van der Waals surface area contributed by atoms with Crippen molar-refractivity contribution >= 4 is 22.6 Å². The second-order valence-corrected chi connectivity index (χ2v) is 7.87. The van der Waals surface area contributed by atoms with Crippen LogP contribution in [0.25, 0.3) is 22.3 Å². The monoisotopic (exact) mass is 473 g/mol. The molecule has 0 saturated carbocycles. The number of carbonyl (C=O) groups excluding carboxylic acids is 1. The average Bonchev–Trinajstić information content (AvgIpc) is 3.27. The molecule has 174 valence electrons. The number of nitrogens with one attached hydrogen (secondary N) is 1. The van der Waals surface area contributed by atoms with Crippen molar-refractivity contribution in [3.63, 3.8) is 0 Å². The summed E-state index contributed by atoms with van der Waals surface area (Å²) in [7, 11) is 0. The van der Waals surface area contributed by atoms with E-state index < -0.39 is 17.6 Å². The summed E-state index contributed by atoms with van der Waals surface area (Å²) in [6.07, 6.45) is 2.36. The number of nitrogens with zero attached hydrogens (tertiary/aromatic N) is 4. The van der Waals surface area contributed by atoms with E-state index in [1.54, 1.807) is 30.6 Å². The first-order valence-corrected chi connectivity index (χ1v) is 10.7. The Bertz CT molecular complexity index is 1510. The minimum Gasteiger partial charge on any atom is -0.328 e. The maximum absolute atomic E-state index is 13.0. The molecule has 0 aliphatic carbocycles. The van der Waals surface area contributed by atoms with Crippen LogP contribution in [0.1, 0.15) is 21.5 Å². The summed E-state index contributed by atoms with van der Waals surface area (Å²) in [6.45, 7) is 0.621. The van der Waals surface area contributed by atoms with E-state index in [2.05, 4.69) is 20.3 Å². The van der Waals surface area contributed by atoms with Gasteiger partial charge in [-0.05, 0) is 54.1 Å². The molecule has 0 radical (unpaired) electrons. The van der Waals surface area contributed by atoms with Gasteiger partial charge < -0.3 is 9.88 Å². The number of aromatic nitrogens is 4. The van der Waals surface area contributed by atoms with Gasteiger partial charge in [-0.15, -0.1) is 0 Å². The molecule has 0 aliphatic heterocycles. The van der Waals surface area contributed by atoms with Crippen molar-refractivity contribution in [2.45, 2.75) is 12.7 Å². The molecule has 9 heteroatoms. The first-order valence-electron chi connectivity index (χ1n) is 10.7. The van der Waals surface area contributed by atoms with Crippen LogP contribution in [-0.2, 0) is 12.7 Å². The summed E-state index contributed by atoms with van der Waals surface area (Å²) in [5, 5.41) is 3.51. The highest BCUT2D eigenvalue weighted by atomic mass is 19.4. The Labute approximate surface area is 198 Å². The first kappa shape index (κ1) is 22.3. The van der Waals surface area contributed by atoms with Crippen molar-refractivity contribution in [2.24, 2.45) is 0 Å². The van der Waals surface area contributed by atoms with Crippen molar-refractivity contribution in [3.05, 3.63) is 108 Å². The van der Waals surface area contributed by atoms with E-state index >= 15 is 0 Å². The zero-order valence-corrected chi connectivity index (χ0v) is 18.2. The van der Waals surface area contributed by atoms with Crippen molar-refractivity contribution < 1.29 is 18.0 Å². The summed E-state index contributed by atoms with van der Waals surface area (Å²) >= 11 is 0. The summed E-state index contributed by atoms with van der Waals surface area (Å²) in [5.41, 5.74) is 2.73. The van der Waals surface area contributed by atoms with Gasteiger partial charge in [0.1, 0.15) is 12.0 Å². The van der Waals surface area contributed by atoms with Gasteiger partial charge in [-0.1, -0.05) is 18.2 Å². The van der Waals surface area contributed by atoms with Gasteiger partial charge in [0.15, 0.2) is 0 Å². The van der Waals surface area contributed by atoms with E-state index in [1.807, 2.05) is 35.0 Å². The summed E-state index contributed by atoms with van der Waals surface area (Å²) in [5.74, 6) is -0.635. The summed E-state index contributed by atoms with van der Waals surface area (Å²) in [6, 6.07) is 17.1. The van der Waals surface area contributed by atoms with E-state index in [0.717, 1.165) is 34.3 Å². The quantitative estimate of drug-likeness (QED) is 0.350. The van der Waals surface area contributed by atoms with Crippen LogP contribution in [0.2, 0.25) is 0 Å². The maximum atomic E-state index is 13.0. The first-order chi connectivity index (χ1) is 16.9. The highest BCUT2D eigenvalue weighted by Gasteiger charge is 2.30. The van der Waals surface area contributed by atoms with E-state index in [-0.39, 0.29) is 5.56 Å². The van der Waals surface area contributed by atoms with Gasteiger partial charge in [-0.25, -0.2) is 9.97 Å². The number of rotatable bonds is 5. The normalized spacial score (nSPS) is 11.5. The van der Waals surface area contributed by atoms with Gasteiger partial charge in [0, 0.05) is 47.3 Å². The van der Waals surface area contributed by atoms with Crippen LogP contribution >= 0.6 is 0 Å². The lowest BCUT2D eigenvalue weighted by Crippen LogP contribution is -2.14. The number of fused-ring (bicyclic) bond motifs is 1. The average molecular weight is 473 g/mol. The third-order valence-electron chi connectivity index (χ3n) is 5.50. The Morgan fingerprint density at radius 3 is 2.54 bits per heavy atom. The van der Waals surface area contributed by atoms with Crippen molar-refractivity contribution in [1.29, 1.82) is 0 Å². The third kappa shape index (κ3) is 4.74. The Morgan fingerprint density at radius 1 is 0.943 bits per heavy atom. The molecule has 2 aromatic carbocycles. The van der Waals surface area contributed by atoms with Crippen LogP contribution in [0.3, 0.4) is 0 Å². The Hall–Kier alpha value is -4.53. The zero-order valence-electron chi connectivity index (χ0n) is 18.2. The Balaban J connectivity index is 1.42. The molecule has 6 nitrogen and oxygen atoms in total. The van der Waals surface area contributed by atoms with Gasteiger partial charge in [-0.3, -0.25) is 9.78 Å². The van der Waals surface area contributed by atoms with E-state index in [0.29, 0.717) is 17.9 Å². The number of benzene rings is 2. The standard InChI is InChI=1S/C26H18F3N5O/c27-26(28,29)20-5-1-4-19(13-20)25(35)33-21-6-2-3-18(14-21)23-22-9-12-34(24(22)32-16-31-23)15-17-7-10-30-11-8-17/h1-14,16H,15H2,(H,33,35). The number of carbonyl (C=O) groups is 1. The minimum absolute atomic E-state index is 0.0807. The molecule has 3 aromatic heterocycles. The van der Waals surface area contributed by atoms with E-state index in [9.17, 15) is 18.0 Å². The molecule has 0 aliphatic rings. The van der Waals surface area contributed by atoms with E-state index in [1.165, 1.54) is 18.5 Å². The number of halogens is 3. The number of amides is 1. The molecule has 0 atom stereocenters. The van der Waals surface area contributed by atoms with Crippen LogP contribution in [0.15, 0.2) is 91.6 Å². The van der Waals surface area contributed by atoms with Crippen molar-refractivity contribution in [1.82, 2.24) is 19.5 Å². The fourth-order valence-electron chi connectivity index (χ4n) is 3.83. The molecule has 5 rings (SSSR count). The lowest BCUT2D eigenvalue weighted by atomic mass is 10.1. The number of alkyl halides is 3. The molecular formula is C26H18F3N5O. The zero-order chi connectivity index (χ0) is 24.4. The van der Waals surface area contributed by atoms with Gasteiger partial charge in [-0.2, -0.15) is 13.2 Å². The van der Waals surface area contributed by atoms with Gasteiger partial charge in [0.05, 0.1) is 11.3 Å². The molecule has 5 aromatic rings. The molecule has 1 N–H and O–H groups in total. The Kier molecular flexibility index (Phi) is 5.74. The number of hydrogen-bond acceptors (Lipinski definition) is 4. The fourth-order valence-corrected chi connectivity index (χ4v) is 3.83. The topological polar surface area (TPSA) is 72.7 Å². The Morgan fingerprint density at radius 2 is 1.74 bits per heavy atom. The number of hydrogen-bond donors (Lipinski definition) is 1. The molecule has 1 amide bonds. The molecular weight excluding hydrogens is 455 g/mol. The third-order valence-corrected chi connectivity index (χ3v) is 5.50. The lowest BCUT2D eigenvalue weighted by Gasteiger charge is -2.10. The SMILES string of the molecule is O=C(Nc1cccc(-c2ncnc3c2ccn3Cc2ccncc2)c1)c1cccc(C(F)(F)F)c1. The van der Waals surface area contributed by atoms with Crippen LogP contribution in [0.5, 0.6) is 0 Å². The molecule has 0 saturated heterocycles. The highest BCUT2D eigenvalue weighted by molar-refractivity contribution is 6.04. The fraction of sp³-hybridized carbons (Fsp3) is 0.0769. The smallest absolute Gasteiger partial charge is 0.328 e. The molecule has 3 heterocycles. The van der Waals surface area contributed by atoms with Crippen molar-refractivity contribution in [2.75, 3.05) is 5.32 Å². The highest BCUT2D eigenvalue weighted by Crippen LogP contribution is 2.31. The molecule has 35 heavy (non-hydrogen) atoms. The summed E-state index contributed by atoms with van der Waals surface area (Å²) < 4.78 is 41.0. The van der Waals surface area contributed by atoms with Crippen molar-refractivity contribution in [3.8, 4) is 11.3 Å². The molecule has 0 fully saturated rings. The van der Waals surface area contributed by atoms with Gasteiger partial charge in [0.2, 0.25) is 0 Å². The van der Waals surface area contributed by atoms with Crippen LogP contribution in [0.4, 0.5) is 18.9 Å². The molecule has 0 bridgehead atoms. The number of pyridine rings is 1. The molecule has 0 spiro atoms. The predicted octanol–water partition coefficient (Wildman–Crippen LogP) is 5.81. The second-order valence-electron chi connectivity index (χ2n) is 7.87. The minimum atomic E-state index is -4.53. The molecule has 0 unspecified atom stereocenters. The van der Waals surface area contributed by atoms with Gasteiger partial charge >= 0.3 is 6.18 Å². The van der Waals surface area contributed by atoms with Crippen LogP contribution in [0, 0.1) is 0 Å².